The zero-order valence-corrected chi connectivity index (χ0v) is 11.5. The Bertz CT molecular complexity index is 566. The monoisotopic (exact) mass is 279 g/mol. The number of benzene rings is 1. The van der Waals surface area contributed by atoms with Crippen LogP contribution >= 0.6 is 0 Å². The molecule has 0 radical (unpaired) electrons. The van der Waals surface area contributed by atoms with Gasteiger partial charge in [0.05, 0.1) is 5.69 Å². The number of nitrogens with two attached hydrogens (primary N) is 1. The molecule has 0 saturated heterocycles. The lowest BCUT2D eigenvalue weighted by molar-refractivity contribution is -0.127. The van der Waals surface area contributed by atoms with Gasteiger partial charge in [-0.25, -0.2) is 4.39 Å². The summed E-state index contributed by atoms with van der Waals surface area (Å²) in [5.41, 5.74) is 5.47. The van der Waals surface area contributed by atoms with Gasteiger partial charge in [-0.15, -0.1) is 0 Å². The molecule has 5 nitrogen and oxygen atoms in total. The zero-order chi connectivity index (χ0) is 14.9. The third-order valence-corrected chi connectivity index (χ3v) is 3.80. The van der Waals surface area contributed by atoms with Crippen LogP contribution in [0.1, 0.15) is 25.3 Å². The van der Waals surface area contributed by atoms with Gasteiger partial charge in [-0.1, -0.05) is 18.1 Å². The van der Waals surface area contributed by atoms with E-state index >= 15 is 0 Å². The van der Waals surface area contributed by atoms with E-state index in [1.807, 2.05) is 6.92 Å². The standard InChI is InChI=1S/C14H18FN3O2/c1-8-3-4-11(10(15)5-8)17-13(19)14(12(16)18-20)6-9(2)7-14/h3-5,9,20H,6-7H2,1-2H3,(H2,16,18)(H,17,19). The lowest BCUT2D eigenvalue weighted by atomic mass is 9.61. The highest BCUT2D eigenvalue weighted by molar-refractivity contribution is 6.12. The molecule has 0 bridgehead atoms. The highest BCUT2D eigenvalue weighted by atomic mass is 19.1. The van der Waals surface area contributed by atoms with Crippen LogP contribution in [-0.4, -0.2) is 17.0 Å². The number of amides is 1. The average Bonchev–Trinajstić information content (AvgIpc) is 2.37. The first-order valence-electron chi connectivity index (χ1n) is 6.44. The molecular weight excluding hydrogens is 261 g/mol. The summed E-state index contributed by atoms with van der Waals surface area (Å²) in [6.07, 6.45) is 0.977. The van der Waals surface area contributed by atoms with Crippen LogP contribution in [0.25, 0.3) is 0 Å². The van der Waals surface area contributed by atoms with Gasteiger partial charge in [0.15, 0.2) is 5.84 Å². The lowest BCUT2D eigenvalue weighted by Crippen LogP contribution is -2.54. The third-order valence-electron chi connectivity index (χ3n) is 3.80. The fourth-order valence-corrected chi connectivity index (χ4v) is 2.70. The third kappa shape index (κ3) is 2.33. The summed E-state index contributed by atoms with van der Waals surface area (Å²) >= 11 is 0. The predicted octanol–water partition coefficient (Wildman–Crippen LogP) is 2.24. The van der Waals surface area contributed by atoms with Crippen LogP contribution in [0.15, 0.2) is 23.4 Å². The average molecular weight is 279 g/mol. The number of halogens is 1. The molecule has 1 aliphatic rings. The van der Waals surface area contributed by atoms with Crippen LogP contribution in [0.2, 0.25) is 0 Å². The molecule has 2 rings (SSSR count). The maximum absolute atomic E-state index is 13.8. The van der Waals surface area contributed by atoms with E-state index in [9.17, 15) is 9.18 Å². The van der Waals surface area contributed by atoms with Crippen molar-refractivity contribution in [2.45, 2.75) is 26.7 Å². The van der Waals surface area contributed by atoms with Crippen molar-refractivity contribution in [1.82, 2.24) is 0 Å². The van der Waals surface area contributed by atoms with E-state index in [0.29, 0.717) is 18.8 Å². The van der Waals surface area contributed by atoms with E-state index < -0.39 is 17.1 Å². The molecule has 0 aliphatic heterocycles. The lowest BCUT2D eigenvalue weighted by Gasteiger charge is -2.43. The molecular formula is C14H18FN3O2. The van der Waals surface area contributed by atoms with Gasteiger partial charge >= 0.3 is 0 Å². The zero-order valence-electron chi connectivity index (χ0n) is 11.5. The number of hydrogen-bond donors (Lipinski definition) is 3. The van der Waals surface area contributed by atoms with E-state index in [0.717, 1.165) is 5.56 Å². The van der Waals surface area contributed by atoms with Crippen molar-refractivity contribution in [1.29, 1.82) is 0 Å². The summed E-state index contributed by atoms with van der Waals surface area (Å²) in [4.78, 5) is 12.4. The van der Waals surface area contributed by atoms with E-state index in [1.54, 1.807) is 13.0 Å². The second kappa shape index (κ2) is 5.11. The highest BCUT2D eigenvalue weighted by Gasteiger charge is 2.52. The van der Waals surface area contributed by atoms with Gasteiger partial charge in [-0.2, -0.15) is 0 Å². The molecule has 6 heteroatoms. The molecule has 1 saturated carbocycles. The van der Waals surface area contributed by atoms with Crippen molar-refractivity contribution in [3.8, 4) is 0 Å². The number of nitrogens with zero attached hydrogens (tertiary/aromatic N) is 1. The van der Waals surface area contributed by atoms with Crippen LogP contribution in [0.5, 0.6) is 0 Å². The number of hydrogen-bond acceptors (Lipinski definition) is 3. The Morgan fingerprint density at radius 1 is 1.55 bits per heavy atom. The minimum atomic E-state index is -1.04. The molecule has 4 N–H and O–H groups in total. The van der Waals surface area contributed by atoms with Gasteiger partial charge < -0.3 is 16.3 Å². The molecule has 1 aromatic rings. The van der Waals surface area contributed by atoms with Crippen LogP contribution < -0.4 is 11.1 Å². The van der Waals surface area contributed by atoms with E-state index in [2.05, 4.69) is 10.5 Å². The molecule has 0 atom stereocenters. The fourth-order valence-electron chi connectivity index (χ4n) is 2.70. The maximum Gasteiger partial charge on any atom is 0.238 e. The molecule has 0 unspecified atom stereocenters. The maximum atomic E-state index is 13.8. The van der Waals surface area contributed by atoms with Gasteiger partial charge in [-0.05, 0) is 43.4 Å². The first kappa shape index (κ1) is 14.3. The van der Waals surface area contributed by atoms with Crippen LogP contribution in [-0.2, 0) is 4.79 Å². The van der Waals surface area contributed by atoms with E-state index in [-0.39, 0.29) is 11.5 Å². The number of aryl methyl sites for hydroxylation is 1. The van der Waals surface area contributed by atoms with Crippen molar-refractivity contribution >= 4 is 17.4 Å². The Hall–Kier alpha value is -2.11. The van der Waals surface area contributed by atoms with Gasteiger partial charge in [0, 0.05) is 0 Å². The normalized spacial score (nSPS) is 25.9. The number of carbonyl (C=O) groups excluding carboxylic acids is 1. The molecule has 1 amide bonds. The number of amidine groups is 1. The van der Waals surface area contributed by atoms with Gasteiger partial charge in [0.2, 0.25) is 5.91 Å². The highest BCUT2D eigenvalue weighted by Crippen LogP contribution is 2.46. The molecule has 1 aromatic carbocycles. The summed E-state index contributed by atoms with van der Waals surface area (Å²) in [6.45, 7) is 3.74. The summed E-state index contributed by atoms with van der Waals surface area (Å²) in [6, 6.07) is 4.55. The summed E-state index contributed by atoms with van der Waals surface area (Å²) in [7, 11) is 0. The first-order chi connectivity index (χ1) is 9.39. The first-order valence-corrected chi connectivity index (χ1v) is 6.44. The minimum Gasteiger partial charge on any atom is -0.409 e. The van der Waals surface area contributed by atoms with Crippen molar-refractivity contribution in [3.05, 3.63) is 29.6 Å². The summed E-state index contributed by atoms with van der Waals surface area (Å²) in [5.74, 6) is -0.751. The molecule has 1 fully saturated rings. The Labute approximate surface area is 116 Å². The fraction of sp³-hybridized carbons (Fsp3) is 0.429. The van der Waals surface area contributed by atoms with Crippen LogP contribution in [0.4, 0.5) is 10.1 Å². The Morgan fingerprint density at radius 3 is 2.70 bits per heavy atom. The number of oxime groups is 1. The number of rotatable bonds is 3. The van der Waals surface area contributed by atoms with Crippen molar-refractivity contribution in [3.63, 3.8) is 0 Å². The molecule has 0 heterocycles. The van der Waals surface area contributed by atoms with Gasteiger partial charge in [0.1, 0.15) is 11.2 Å². The molecule has 20 heavy (non-hydrogen) atoms. The van der Waals surface area contributed by atoms with Crippen LogP contribution in [0, 0.1) is 24.1 Å². The quantitative estimate of drug-likeness (QED) is 0.343. The second-order valence-electron chi connectivity index (χ2n) is 5.52. The molecule has 1 aliphatic carbocycles. The molecule has 0 spiro atoms. The number of nitrogens with one attached hydrogen (secondary N) is 1. The summed E-state index contributed by atoms with van der Waals surface area (Å²) in [5, 5.41) is 14.3. The van der Waals surface area contributed by atoms with Gasteiger partial charge in [-0.3, -0.25) is 4.79 Å². The molecule has 0 aromatic heterocycles. The Kier molecular flexibility index (Phi) is 3.65. The summed E-state index contributed by atoms with van der Waals surface area (Å²) < 4.78 is 13.8. The number of carbonyl (C=O) groups is 1. The Morgan fingerprint density at radius 2 is 2.20 bits per heavy atom. The number of anilines is 1. The predicted molar refractivity (Wildman–Crippen MR) is 74.0 cm³/mol. The SMILES string of the molecule is Cc1ccc(NC(=O)C2(/C(N)=N/O)CC(C)C2)c(F)c1. The van der Waals surface area contributed by atoms with Crippen LogP contribution in [0.3, 0.4) is 0 Å². The topological polar surface area (TPSA) is 87.7 Å². The van der Waals surface area contributed by atoms with Crippen molar-refractivity contribution in [2.24, 2.45) is 22.2 Å². The van der Waals surface area contributed by atoms with Crippen molar-refractivity contribution < 1.29 is 14.4 Å². The van der Waals surface area contributed by atoms with E-state index in [4.69, 9.17) is 10.9 Å². The Balaban J connectivity index is 2.22. The van der Waals surface area contributed by atoms with Gasteiger partial charge in [0.25, 0.3) is 0 Å². The smallest absolute Gasteiger partial charge is 0.238 e. The minimum absolute atomic E-state index is 0.102. The molecule has 108 valence electrons. The van der Waals surface area contributed by atoms with E-state index in [1.165, 1.54) is 12.1 Å². The second-order valence-corrected chi connectivity index (χ2v) is 5.52. The largest absolute Gasteiger partial charge is 0.409 e. The van der Waals surface area contributed by atoms with Crippen molar-refractivity contribution in [2.75, 3.05) is 5.32 Å².